The van der Waals surface area contributed by atoms with E-state index in [1.807, 2.05) is 0 Å². The van der Waals surface area contributed by atoms with E-state index in [4.69, 9.17) is 0 Å². The van der Waals surface area contributed by atoms with Crippen LogP contribution >= 0.6 is 0 Å². The van der Waals surface area contributed by atoms with Crippen LogP contribution in [0.4, 0.5) is 19.3 Å². The zero-order valence-corrected chi connectivity index (χ0v) is 13.9. The number of nitrogens with zero attached hydrogens (tertiary/aromatic N) is 1. The monoisotopic (exact) mass is 341 g/mol. The molecule has 5 nitrogen and oxygen atoms in total. The van der Waals surface area contributed by atoms with Crippen molar-refractivity contribution >= 4 is 11.7 Å². The Morgan fingerprint density at radius 2 is 2.21 bits per heavy atom. The first-order chi connectivity index (χ1) is 11.5. The number of likely N-dealkylation sites (tertiary alicyclic amines) is 1. The minimum Gasteiger partial charge on any atom is -0.433 e. The van der Waals surface area contributed by atoms with Gasteiger partial charge in [-0.15, -0.1) is 0 Å². The lowest BCUT2D eigenvalue weighted by atomic mass is 10.0. The number of carbonyl (C=O) groups is 1. The van der Waals surface area contributed by atoms with E-state index in [-0.39, 0.29) is 11.4 Å². The number of ether oxygens (including phenoxy) is 1. The molecule has 2 rings (SSSR count). The summed E-state index contributed by atoms with van der Waals surface area (Å²) in [6.07, 6.45) is 3.38. The Labute approximate surface area is 141 Å². The first-order valence-electron chi connectivity index (χ1n) is 8.35. The van der Waals surface area contributed by atoms with Crippen LogP contribution in [0.2, 0.25) is 0 Å². The largest absolute Gasteiger partial charge is 0.433 e. The second-order valence-corrected chi connectivity index (χ2v) is 6.16. The van der Waals surface area contributed by atoms with Crippen LogP contribution in [0.5, 0.6) is 5.75 Å². The SMILES string of the molecule is C[C@@H]1CCCN(CCCNC(=O)Nc2ccccc2OC(F)F)C1. The highest BCUT2D eigenvalue weighted by atomic mass is 19.3. The van der Waals surface area contributed by atoms with Gasteiger partial charge in [0.25, 0.3) is 0 Å². The summed E-state index contributed by atoms with van der Waals surface area (Å²) in [4.78, 5) is 14.3. The molecule has 7 heteroatoms. The van der Waals surface area contributed by atoms with E-state index in [1.54, 1.807) is 12.1 Å². The minimum atomic E-state index is -2.93. The molecule has 1 fully saturated rings. The number of halogens is 2. The van der Waals surface area contributed by atoms with Gasteiger partial charge in [0.2, 0.25) is 0 Å². The third-order valence-electron chi connectivity index (χ3n) is 4.03. The highest BCUT2D eigenvalue weighted by Crippen LogP contribution is 2.25. The van der Waals surface area contributed by atoms with E-state index in [1.165, 1.54) is 25.0 Å². The fraction of sp³-hybridized carbons (Fsp3) is 0.588. The topological polar surface area (TPSA) is 53.6 Å². The van der Waals surface area contributed by atoms with Crippen molar-refractivity contribution in [3.8, 4) is 5.75 Å². The summed E-state index contributed by atoms with van der Waals surface area (Å²) in [7, 11) is 0. The number of para-hydroxylation sites is 2. The van der Waals surface area contributed by atoms with Gasteiger partial charge >= 0.3 is 12.6 Å². The molecule has 0 aliphatic carbocycles. The second kappa shape index (κ2) is 9.42. The molecule has 0 spiro atoms. The maximum atomic E-state index is 12.3. The number of benzene rings is 1. The Bertz CT molecular complexity index is 528. The predicted molar refractivity (Wildman–Crippen MR) is 89.6 cm³/mol. The van der Waals surface area contributed by atoms with E-state index in [2.05, 4.69) is 27.2 Å². The van der Waals surface area contributed by atoms with Gasteiger partial charge < -0.3 is 20.3 Å². The van der Waals surface area contributed by atoms with Gasteiger partial charge in [-0.3, -0.25) is 0 Å². The summed E-state index contributed by atoms with van der Waals surface area (Å²) in [5.41, 5.74) is 0.222. The van der Waals surface area contributed by atoms with Crippen LogP contribution in [-0.4, -0.2) is 43.7 Å². The predicted octanol–water partition coefficient (Wildman–Crippen LogP) is 3.53. The molecule has 0 unspecified atom stereocenters. The van der Waals surface area contributed by atoms with Crippen LogP contribution in [0.3, 0.4) is 0 Å². The lowest BCUT2D eigenvalue weighted by Crippen LogP contribution is -2.37. The molecule has 0 bridgehead atoms. The van der Waals surface area contributed by atoms with Crippen LogP contribution in [0.25, 0.3) is 0 Å². The van der Waals surface area contributed by atoms with E-state index >= 15 is 0 Å². The molecule has 2 amide bonds. The fourth-order valence-electron chi connectivity index (χ4n) is 2.93. The number of carbonyl (C=O) groups excluding carboxylic acids is 1. The molecule has 134 valence electrons. The van der Waals surface area contributed by atoms with Crippen molar-refractivity contribution in [1.29, 1.82) is 0 Å². The van der Waals surface area contributed by atoms with E-state index < -0.39 is 12.6 Å². The van der Waals surface area contributed by atoms with E-state index in [0.29, 0.717) is 6.54 Å². The van der Waals surface area contributed by atoms with Crippen LogP contribution in [0.15, 0.2) is 24.3 Å². The summed E-state index contributed by atoms with van der Waals surface area (Å²) in [5, 5.41) is 5.28. The van der Waals surface area contributed by atoms with Gasteiger partial charge in [0.15, 0.2) is 0 Å². The molecule has 24 heavy (non-hydrogen) atoms. The normalized spacial score (nSPS) is 18.4. The third kappa shape index (κ3) is 6.31. The number of urea groups is 1. The zero-order chi connectivity index (χ0) is 17.4. The van der Waals surface area contributed by atoms with Crippen molar-refractivity contribution < 1.29 is 18.3 Å². The van der Waals surface area contributed by atoms with Gasteiger partial charge in [0.05, 0.1) is 5.69 Å². The number of hydrogen-bond acceptors (Lipinski definition) is 3. The highest BCUT2D eigenvalue weighted by molar-refractivity contribution is 5.90. The highest BCUT2D eigenvalue weighted by Gasteiger charge is 2.15. The number of hydrogen-bond donors (Lipinski definition) is 2. The number of piperidine rings is 1. The third-order valence-corrected chi connectivity index (χ3v) is 4.03. The van der Waals surface area contributed by atoms with Gasteiger partial charge in [-0.1, -0.05) is 19.1 Å². The minimum absolute atomic E-state index is 0.0510. The van der Waals surface area contributed by atoms with Gasteiger partial charge in [-0.05, 0) is 50.4 Å². The molecule has 2 N–H and O–H groups in total. The maximum absolute atomic E-state index is 12.3. The molecule has 0 aromatic heterocycles. The zero-order valence-electron chi connectivity index (χ0n) is 13.9. The van der Waals surface area contributed by atoms with Gasteiger partial charge in [-0.2, -0.15) is 8.78 Å². The molecular formula is C17H25F2N3O2. The Hall–Kier alpha value is -1.89. The Balaban J connectivity index is 1.70. The van der Waals surface area contributed by atoms with Gasteiger partial charge in [0.1, 0.15) is 5.75 Å². The first kappa shape index (κ1) is 18.4. The van der Waals surface area contributed by atoms with Crippen molar-refractivity contribution in [3.63, 3.8) is 0 Å². The van der Waals surface area contributed by atoms with Crippen LogP contribution in [0, 0.1) is 5.92 Å². The van der Waals surface area contributed by atoms with Gasteiger partial charge in [-0.25, -0.2) is 4.79 Å². The molecule has 0 radical (unpaired) electrons. The molecule has 1 heterocycles. The average molecular weight is 341 g/mol. The van der Waals surface area contributed by atoms with Crippen molar-refractivity contribution in [2.75, 3.05) is 31.5 Å². The summed E-state index contributed by atoms with van der Waals surface area (Å²) in [6, 6.07) is 5.70. The van der Waals surface area contributed by atoms with Crippen molar-refractivity contribution in [3.05, 3.63) is 24.3 Å². The number of rotatable bonds is 7. The van der Waals surface area contributed by atoms with Crippen LogP contribution < -0.4 is 15.4 Å². The standard InChI is InChI=1S/C17H25F2N3O2/c1-13-6-4-10-22(12-13)11-5-9-20-17(23)21-14-7-2-3-8-15(14)24-16(18)19/h2-3,7-8,13,16H,4-6,9-12H2,1H3,(H2,20,21,23)/t13-/m1/s1. The first-order valence-corrected chi connectivity index (χ1v) is 8.35. The van der Waals surface area contributed by atoms with Crippen molar-refractivity contribution in [1.82, 2.24) is 10.2 Å². The molecule has 1 aromatic carbocycles. The van der Waals surface area contributed by atoms with Crippen molar-refractivity contribution in [2.45, 2.75) is 32.8 Å². The molecule has 0 saturated carbocycles. The second-order valence-electron chi connectivity index (χ2n) is 6.16. The number of anilines is 1. The molecule has 1 aliphatic rings. The van der Waals surface area contributed by atoms with Crippen LogP contribution in [-0.2, 0) is 0 Å². The smallest absolute Gasteiger partial charge is 0.387 e. The summed E-state index contributed by atoms with van der Waals surface area (Å²) in [6.45, 7) is 3.06. The molecule has 1 atom stereocenters. The maximum Gasteiger partial charge on any atom is 0.387 e. The molecule has 1 aliphatic heterocycles. The Morgan fingerprint density at radius 1 is 1.42 bits per heavy atom. The summed E-state index contributed by atoms with van der Waals surface area (Å²) < 4.78 is 29.0. The molecule has 1 aromatic rings. The lowest BCUT2D eigenvalue weighted by Gasteiger charge is -2.30. The Kier molecular flexibility index (Phi) is 7.24. The fourth-order valence-corrected chi connectivity index (χ4v) is 2.93. The number of nitrogens with one attached hydrogen (secondary N) is 2. The number of alkyl halides is 2. The summed E-state index contributed by atoms with van der Waals surface area (Å²) >= 11 is 0. The van der Waals surface area contributed by atoms with E-state index in [9.17, 15) is 13.6 Å². The summed E-state index contributed by atoms with van der Waals surface area (Å²) in [5.74, 6) is 0.686. The van der Waals surface area contributed by atoms with Gasteiger partial charge in [0, 0.05) is 13.1 Å². The Morgan fingerprint density at radius 3 is 2.96 bits per heavy atom. The van der Waals surface area contributed by atoms with E-state index in [0.717, 1.165) is 32.0 Å². The lowest BCUT2D eigenvalue weighted by molar-refractivity contribution is -0.0493. The number of amides is 2. The average Bonchev–Trinajstić information content (AvgIpc) is 2.53. The van der Waals surface area contributed by atoms with Crippen LogP contribution in [0.1, 0.15) is 26.2 Å². The molecule has 1 saturated heterocycles. The molecular weight excluding hydrogens is 316 g/mol. The quantitative estimate of drug-likeness (QED) is 0.746. The van der Waals surface area contributed by atoms with Crippen molar-refractivity contribution in [2.24, 2.45) is 5.92 Å².